The number of nitrogens with one attached hydrogen (secondary N) is 1. The van der Waals surface area contributed by atoms with Crippen molar-refractivity contribution in [1.29, 1.82) is 0 Å². The minimum atomic E-state index is -1.77. The maximum atomic E-state index is 12.0. The predicted octanol–water partition coefficient (Wildman–Crippen LogP) is 4.94. The second-order valence-electron chi connectivity index (χ2n) is 9.36. The van der Waals surface area contributed by atoms with E-state index in [1.165, 1.54) is 5.19 Å². The molecule has 0 saturated heterocycles. The van der Waals surface area contributed by atoms with Crippen LogP contribution in [-0.2, 0) is 4.43 Å². The van der Waals surface area contributed by atoms with Gasteiger partial charge in [0.05, 0.1) is 8.07 Å². The smallest absolute Gasteiger partial charge is 0.413 e. The van der Waals surface area contributed by atoms with Crippen molar-refractivity contribution in [1.82, 2.24) is 5.32 Å². The van der Waals surface area contributed by atoms with Gasteiger partial charge < -0.3 is 14.5 Å². The van der Waals surface area contributed by atoms with E-state index in [-0.39, 0.29) is 5.54 Å². The maximum Gasteiger partial charge on any atom is 0.413 e. The van der Waals surface area contributed by atoms with E-state index in [0.717, 1.165) is 5.56 Å². The van der Waals surface area contributed by atoms with Gasteiger partial charge in [0.25, 0.3) is 0 Å². The van der Waals surface area contributed by atoms with Crippen LogP contribution in [0.15, 0.2) is 24.8 Å². The SMILES string of the molecule is C=C(O[Si](C)(C)C)c1cc(OC(=O)NC(C)(C)C)ccc1[Si](C)(C)C. The Morgan fingerprint density at radius 1 is 1.08 bits per heavy atom. The first-order chi connectivity index (χ1) is 11.1. The molecule has 1 aromatic carbocycles. The third kappa shape index (κ3) is 7.48. The molecule has 0 aliphatic carbocycles. The maximum absolute atomic E-state index is 12.0. The number of amides is 1. The average molecular weight is 380 g/mol. The van der Waals surface area contributed by atoms with E-state index in [1.54, 1.807) is 0 Å². The summed E-state index contributed by atoms with van der Waals surface area (Å²) in [6.45, 7) is 23.1. The van der Waals surface area contributed by atoms with Crippen LogP contribution >= 0.6 is 0 Å². The van der Waals surface area contributed by atoms with Crippen LogP contribution in [0.2, 0.25) is 39.3 Å². The van der Waals surface area contributed by atoms with Gasteiger partial charge in [-0.2, -0.15) is 0 Å². The van der Waals surface area contributed by atoms with Gasteiger partial charge in [-0.3, -0.25) is 0 Å². The van der Waals surface area contributed by atoms with Crippen LogP contribution in [0.25, 0.3) is 5.76 Å². The van der Waals surface area contributed by atoms with Crippen molar-refractivity contribution in [3.8, 4) is 5.75 Å². The summed E-state index contributed by atoms with van der Waals surface area (Å²) in [5.74, 6) is 1.16. The highest BCUT2D eigenvalue weighted by Gasteiger charge is 2.25. The Bertz CT molecular complexity index is 650. The van der Waals surface area contributed by atoms with E-state index in [4.69, 9.17) is 9.16 Å². The quantitative estimate of drug-likeness (QED) is 0.582. The number of ether oxygens (including phenoxy) is 1. The Hall–Kier alpha value is -1.54. The summed E-state index contributed by atoms with van der Waals surface area (Å²) >= 11 is 0. The number of carbonyl (C=O) groups excluding carboxylic acids is 1. The highest BCUT2D eigenvalue weighted by atomic mass is 28.4. The first-order valence-corrected chi connectivity index (χ1v) is 15.5. The minimum absolute atomic E-state index is 0.345. The lowest BCUT2D eigenvalue weighted by atomic mass is 10.1. The fraction of sp³-hybridized carbons (Fsp3) is 0.526. The monoisotopic (exact) mass is 379 g/mol. The van der Waals surface area contributed by atoms with Gasteiger partial charge >= 0.3 is 6.09 Å². The molecule has 0 aromatic heterocycles. The lowest BCUT2D eigenvalue weighted by molar-refractivity contribution is 0.190. The summed E-state index contributed by atoms with van der Waals surface area (Å²) in [7, 11) is -3.37. The molecule has 0 heterocycles. The third-order valence-corrected chi connectivity index (χ3v) is 6.13. The molecular formula is C19H33NO3Si2. The Kier molecular flexibility index (Phi) is 6.34. The van der Waals surface area contributed by atoms with Crippen molar-refractivity contribution in [2.75, 3.05) is 0 Å². The van der Waals surface area contributed by atoms with Gasteiger partial charge in [-0.1, -0.05) is 32.3 Å². The molecule has 140 valence electrons. The van der Waals surface area contributed by atoms with Gasteiger partial charge in [-0.25, -0.2) is 4.79 Å². The van der Waals surface area contributed by atoms with Crippen molar-refractivity contribution < 1.29 is 14.0 Å². The molecule has 0 bridgehead atoms. The molecule has 1 amide bonds. The van der Waals surface area contributed by atoms with Crippen molar-refractivity contribution in [3.05, 3.63) is 30.3 Å². The van der Waals surface area contributed by atoms with Crippen LogP contribution in [0.1, 0.15) is 26.3 Å². The molecule has 0 fully saturated rings. The fourth-order valence-corrected chi connectivity index (χ4v) is 4.79. The Morgan fingerprint density at radius 2 is 1.64 bits per heavy atom. The number of hydrogen-bond acceptors (Lipinski definition) is 3. The van der Waals surface area contributed by atoms with Crippen molar-refractivity contribution in [2.24, 2.45) is 0 Å². The van der Waals surface area contributed by atoms with Crippen LogP contribution in [0.5, 0.6) is 5.75 Å². The van der Waals surface area contributed by atoms with E-state index < -0.39 is 22.5 Å². The van der Waals surface area contributed by atoms with Gasteiger partial charge in [0, 0.05) is 11.1 Å². The third-order valence-electron chi connectivity index (χ3n) is 3.22. The summed E-state index contributed by atoms with van der Waals surface area (Å²) in [5.41, 5.74) is 0.602. The second kappa shape index (κ2) is 7.37. The van der Waals surface area contributed by atoms with Gasteiger partial charge in [0.2, 0.25) is 8.32 Å². The summed E-state index contributed by atoms with van der Waals surface area (Å²) < 4.78 is 11.6. The largest absolute Gasteiger partial charge is 0.544 e. The molecule has 0 unspecified atom stereocenters. The Balaban J connectivity index is 3.18. The number of rotatable bonds is 5. The highest BCUT2D eigenvalue weighted by Crippen LogP contribution is 2.24. The summed E-state index contributed by atoms with van der Waals surface area (Å²) in [5, 5.41) is 4.05. The number of benzene rings is 1. The zero-order chi connectivity index (χ0) is 19.6. The van der Waals surface area contributed by atoms with E-state index >= 15 is 0 Å². The molecule has 1 N–H and O–H groups in total. The van der Waals surface area contributed by atoms with E-state index in [9.17, 15) is 4.79 Å². The lowest BCUT2D eigenvalue weighted by Gasteiger charge is -2.27. The number of hydrogen-bond donors (Lipinski definition) is 1. The van der Waals surface area contributed by atoms with Crippen LogP contribution in [0.4, 0.5) is 4.79 Å². The van der Waals surface area contributed by atoms with Crippen molar-refractivity contribution in [3.63, 3.8) is 0 Å². The second-order valence-corrected chi connectivity index (χ2v) is 18.8. The van der Waals surface area contributed by atoms with Gasteiger partial charge in [-0.05, 0) is 57.7 Å². The first kappa shape index (κ1) is 21.5. The molecule has 0 aliphatic heterocycles. The van der Waals surface area contributed by atoms with Crippen LogP contribution in [0, 0.1) is 0 Å². The molecule has 1 rings (SSSR count). The number of carbonyl (C=O) groups is 1. The van der Waals surface area contributed by atoms with Crippen LogP contribution in [-0.4, -0.2) is 28.0 Å². The molecule has 0 saturated carbocycles. The van der Waals surface area contributed by atoms with Crippen molar-refractivity contribution >= 4 is 33.4 Å². The van der Waals surface area contributed by atoms with Gasteiger partial charge in [0.15, 0.2) is 0 Å². The first-order valence-electron chi connectivity index (χ1n) is 8.61. The standard InChI is InChI=1S/C19H33NO3Si2/c1-14(23-25(8,9)10)16-13-15(11-12-17(16)24(5,6)7)22-18(21)20-19(2,3)4/h11-13H,1H2,2-10H3,(H,20,21). The summed E-state index contributed by atoms with van der Waals surface area (Å²) in [6.07, 6.45) is -0.462. The molecule has 1 aromatic rings. The molecular weight excluding hydrogens is 346 g/mol. The summed E-state index contributed by atoms with van der Waals surface area (Å²) in [6, 6.07) is 5.76. The lowest BCUT2D eigenvalue weighted by Crippen LogP contribution is -2.42. The topological polar surface area (TPSA) is 47.6 Å². The van der Waals surface area contributed by atoms with Gasteiger partial charge in [0.1, 0.15) is 11.5 Å². The Labute approximate surface area is 154 Å². The Morgan fingerprint density at radius 3 is 2.08 bits per heavy atom. The zero-order valence-corrected chi connectivity index (χ0v) is 19.2. The van der Waals surface area contributed by atoms with E-state index in [0.29, 0.717) is 11.5 Å². The molecule has 0 radical (unpaired) electrons. The van der Waals surface area contributed by atoms with E-state index in [2.05, 4.69) is 51.2 Å². The highest BCUT2D eigenvalue weighted by molar-refractivity contribution is 6.89. The molecule has 4 nitrogen and oxygen atoms in total. The zero-order valence-electron chi connectivity index (χ0n) is 17.2. The molecule has 0 atom stereocenters. The molecule has 25 heavy (non-hydrogen) atoms. The molecule has 6 heteroatoms. The van der Waals surface area contributed by atoms with Gasteiger partial charge in [-0.15, -0.1) is 0 Å². The minimum Gasteiger partial charge on any atom is -0.544 e. The summed E-state index contributed by atoms with van der Waals surface area (Å²) in [4.78, 5) is 12.0. The fourth-order valence-electron chi connectivity index (χ4n) is 2.33. The predicted molar refractivity (Wildman–Crippen MR) is 112 cm³/mol. The van der Waals surface area contributed by atoms with E-state index in [1.807, 2.05) is 39.0 Å². The molecule has 0 spiro atoms. The normalized spacial score (nSPS) is 12.5. The van der Waals surface area contributed by atoms with Crippen LogP contribution < -0.4 is 15.2 Å². The van der Waals surface area contributed by atoms with Crippen LogP contribution in [0.3, 0.4) is 0 Å². The average Bonchev–Trinajstić information content (AvgIpc) is 2.32. The molecule has 0 aliphatic rings. The van der Waals surface area contributed by atoms with Crippen molar-refractivity contribution in [2.45, 2.75) is 65.6 Å².